The van der Waals surface area contributed by atoms with Gasteiger partial charge in [0.05, 0.1) is 0 Å². The lowest BCUT2D eigenvalue weighted by Crippen LogP contribution is -2.40. The molecule has 0 spiro atoms. The molecule has 1 aliphatic rings. The summed E-state index contributed by atoms with van der Waals surface area (Å²) in [5, 5.41) is 0. The first-order valence-electron chi connectivity index (χ1n) is 6.23. The van der Waals surface area contributed by atoms with Crippen molar-refractivity contribution < 1.29 is 0 Å². The summed E-state index contributed by atoms with van der Waals surface area (Å²) in [6.45, 7) is 6.97. The highest BCUT2D eigenvalue weighted by Crippen LogP contribution is 2.23. The van der Waals surface area contributed by atoms with Gasteiger partial charge < -0.3 is 5.73 Å². The fourth-order valence-corrected chi connectivity index (χ4v) is 2.46. The highest BCUT2D eigenvalue weighted by atomic mass is 15.2. The summed E-state index contributed by atoms with van der Waals surface area (Å²) in [6.07, 6.45) is 2.70. The third-order valence-corrected chi connectivity index (χ3v) is 3.61. The topological polar surface area (TPSA) is 29.3 Å². The highest BCUT2D eigenvalue weighted by molar-refractivity contribution is 5.39. The Kier molecular flexibility index (Phi) is 3.49. The minimum Gasteiger partial charge on any atom is -0.399 e. The quantitative estimate of drug-likeness (QED) is 0.773. The minimum absolute atomic E-state index is 0.716. The van der Waals surface area contributed by atoms with Crippen LogP contribution in [0.3, 0.4) is 0 Å². The van der Waals surface area contributed by atoms with Crippen molar-refractivity contribution in [1.29, 1.82) is 0 Å². The molecule has 0 amide bonds. The normalized spacial score (nSPS) is 26.9. The van der Waals surface area contributed by atoms with Crippen molar-refractivity contribution in [2.45, 2.75) is 39.3 Å². The summed E-state index contributed by atoms with van der Waals surface area (Å²) in [6, 6.07) is 8.98. The van der Waals surface area contributed by atoms with E-state index in [1.54, 1.807) is 0 Å². The van der Waals surface area contributed by atoms with Crippen molar-refractivity contribution in [3.05, 3.63) is 29.8 Å². The molecule has 1 heterocycles. The molecule has 0 radical (unpaired) electrons. The fourth-order valence-electron chi connectivity index (χ4n) is 2.46. The van der Waals surface area contributed by atoms with Gasteiger partial charge in [-0.05, 0) is 43.4 Å². The van der Waals surface area contributed by atoms with Crippen molar-refractivity contribution in [2.24, 2.45) is 5.92 Å². The van der Waals surface area contributed by atoms with Gasteiger partial charge >= 0.3 is 0 Å². The zero-order valence-electron chi connectivity index (χ0n) is 10.3. The zero-order chi connectivity index (χ0) is 11.5. The van der Waals surface area contributed by atoms with Crippen molar-refractivity contribution in [3.63, 3.8) is 0 Å². The summed E-state index contributed by atoms with van der Waals surface area (Å²) < 4.78 is 0. The van der Waals surface area contributed by atoms with Crippen LogP contribution in [0.1, 0.15) is 32.3 Å². The maximum atomic E-state index is 5.70. The lowest BCUT2D eigenvalue weighted by molar-refractivity contribution is 0.117. The third-order valence-electron chi connectivity index (χ3n) is 3.61. The number of nitrogens with zero attached hydrogens (tertiary/aromatic N) is 1. The van der Waals surface area contributed by atoms with Gasteiger partial charge in [-0.2, -0.15) is 0 Å². The van der Waals surface area contributed by atoms with Crippen LogP contribution in [0.25, 0.3) is 0 Å². The van der Waals surface area contributed by atoms with Gasteiger partial charge in [0.25, 0.3) is 0 Å². The van der Waals surface area contributed by atoms with Crippen LogP contribution in [0.4, 0.5) is 5.69 Å². The summed E-state index contributed by atoms with van der Waals surface area (Å²) in [7, 11) is 0. The SMILES string of the molecule is CC1CCC(C)N(Cc2ccc(N)cc2)C1. The molecule has 2 atom stereocenters. The Balaban J connectivity index is 2.00. The average Bonchev–Trinajstić information content (AvgIpc) is 2.27. The van der Waals surface area contributed by atoms with E-state index in [4.69, 9.17) is 5.73 Å². The van der Waals surface area contributed by atoms with Gasteiger partial charge in [0, 0.05) is 24.8 Å². The number of anilines is 1. The molecule has 1 aromatic rings. The van der Waals surface area contributed by atoms with Crippen LogP contribution >= 0.6 is 0 Å². The van der Waals surface area contributed by atoms with E-state index in [-0.39, 0.29) is 0 Å². The summed E-state index contributed by atoms with van der Waals surface area (Å²) >= 11 is 0. The molecule has 0 aliphatic carbocycles. The van der Waals surface area contributed by atoms with E-state index in [0.717, 1.165) is 18.2 Å². The number of piperidine rings is 1. The molecule has 0 bridgehead atoms. The van der Waals surface area contributed by atoms with E-state index in [1.807, 2.05) is 12.1 Å². The van der Waals surface area contributed by atoms with Gasteiger partial charge in [0.15, 0.2) is 0 Å². The van der Waals surface area contributed by atoms with Crippen molar-refractivity contribution in [3.8, 4) is 0 Å². The number of hydrogen-bond acceptors (Lipinski definition) is 2. The Labute approximate surface area is 98.4 Å². The van der Waals surface area contributed by atoms with Crippen LogP contribution in [0, 0.1) is 5.92 Å². The number of hydrogen-bond donors (Lipinski definition) is 1. The summed E-state index contributed by atoms with van der Waals surface area (Å²) in [5.74, 6) is 0.838. The molecule has 2 unspecified atom stereocenters. The van der Waals surface area contributed by atoms with Crippen LogP contribution in [0.5, 0.6) is 0 Å². The predicted molar refractivity (Wildman–Crippen MR) is 69.1 cm³/mol. The monoisotopic (exact) mass is 218 g/mol. The molecular formula is C14H22N2. The Morgan fingerprint density at radius 1 is 1.19 bits per heavy atom. The molecule has 2 rings (SSSR count). The number of likely N-dealkylation sites (tertiary alicyclic amines) is 1. The number of nitrogen functional groups attached to an aromatic ring is 1. The standard InChI is InChI=1S/C14H22N2/c1-11-3-4-12(2)16(9-11)10-13-5-7-14(15)8-6-13/h5-8,11-12H,3-4,9-10,15H2,1-2H3. The van der Waals surface area contributed by atoms with Gasteiger partial charge in [-0.15, -0.1) is 0 Å². The number of rotatable bonds is 2. The molecule has 0 saturated carbocycles. The van der Waals surface area contributed by atoms with E-state index < -0.39 is 0 Å². The van der Waals surface area contributed by atoms with Crippen LogP contribution in [-0.4, -0.2) is 17.5 Å². The maximum Gasteiger partial charge on any atom is 0.0314 e. The molecule has 1 aliphatic heterocycles. The highest BCUT2D eigenvalue weighted by Gasteiger charge is 2.22. The van der Waals surface area contributed by atoms with Crippen LogP contribution in [0.15, 0.2) is 24.3 Å². The fraction of sp³-hybridized carbons (Fsp3) is 0.571. The Bertz CT molecular complexity index is 331. The van der Waals surface area contributed by atoms with Gasteiger partial charge in [-0.3, -0.25) is 4.90 Å². The number of benzene rings is 1. The Morgan fingerprint density at radius 3 is 2.56 bits per heavy atom. The molecular weight excluding hydrogens is 196 g/mol. The number of nitrogens with two attached hydrogens (primary N) is 1. The first-order valence-corrected chi connectivity index (χ1v) is 6.23. The van der Waals surface area contributed by atoms with Crippen LogP contribution in [0.2, 0.25) is 0 Å². The van der Waals surface area contributed by atoms with Crippen molar-refractivity contribution in [2.75, 3.05) is 12.3 Å². The smallest absolute Gasteiger partial charge is 0.0314 e. The van der Waals surface area contributed by atoms with Crippen molar-refractivity contribution >= 4 is 5.69 Å². The second kappa shape index (κ2) is 4.88. The molecule has 2 nitrogen and oxygen atoms in total. The maximum absolute atomic E-state index is 5.70. The first-order chi connectivity index (χ1) is 7.65. The average molecular weight is 218 g/mol. The Morgan fingerprint density at radius 2 is 1.88 bits per heavy atom. The van der Waals surface area contributed by atoms with Gasteiger partial charge in [0.2, 0.25) is 0 Å². The molecule has 0 aromatic heterocycles. The van der Waals surface area contributed by atoms with E-state index in [0.29, 0.717) is 6.04 Å². The molecule has 1 fully saturated rings. The third kappa shape index (κ3) is 2.76. The largest absolute Gasteiger partial charge is 0.399 e. The first kappa shape index (κ1) is 11.5. The molecule has 16 heavy (non-hydrogen) atoms. The molecule has 2 N–H and O–H groups in total. The zero-order valence-corrected chi connectivity index (χ0v) is 10.3. The Hall–Kier alpha value is -1.02. The van der Waals surface area contributed by atoms with E-state index in [9.17, 15) is 0 Å². The van der Waals surface area contributed by atoms with E-state index in [1.165, 1.54) is 24.9 Å². The molecule has 1 aromatic carbocycles. The lowest BCUT2D eigenvalue weighted by Gasteiger charge is -2.36. The second-order valence-corrected chi connectivity index (χ2v) is 5.20. The second-order valence-electron chi connectivity index (χ2n) is 5.20. The molecule has 1 saturated heterocycles. The van der Waals surface area contributed by atoms with Crippen molar-refractivity contribution in [1.82, 2.24) is 4.90 Å². The predicted octanol–water partition coefficient (Wildman–Crippen LogP) is 2.89. The molecule has 88 valence electrons. The summed E-state index contributed by atoms with van der Waals surface area (Å²) in [4.78, 5) is 2.58. The minimum atomic E-state index is 0.716. The van der Waals surface area contributed by atoms with Crippen LogP contribution < -0.4 is 5.73 Å². The summed E-state index contributed by atoms with van der Waals surface area (Å²) in [5.41, 5.74) is 7.92. The van der Waals surface area contributed by atoms with E-state index in [2.05, 4.69) is 30.9 Å². The lowest BCUT2D eigenvalue weighted by atomic mass is 9.94. The van der Waals surface area contributed by atoms with Crippen LogP contribution in [-0.2, 0) is 6.54 Å². The molecule has 2 heteroatoms. The van der Waals surface area contributed by atoms with Gasteiger partial charge in [-0.25, -0.2) is 0 Å². The van der Waals surface area contributed by atoms with Gasteiger partial charge in [0.1, 0.15) is 0 Å². The van der Waals surface area contributed by atoms with E-state index >= 15 is 0 Å². The van der Waals surface area contributed by atoms with Gasteiger partial charge in [-0.1, -0.05) is 19.1 Å².